The van der Waals surface area contributed by atoms with E-state index in [-0.39, 0.29) is 34.7 Å². The van der Waals surface area contributed by atoms with Crippen molar-refractivity contribution in [2.45, 2.75) is 24.2 Å². The van der Waals surface area contributed by atoms with Gasteiger partial charge < -0.3 is 20.6 Å². The molecule has 14 nitrogen and oxygen atoms in total. The molecule has 3 heterocycles. The Labute approximate surface area is 253 Å². The standard InChI is InChI=1S/C25H18F3N7O7S2/c26-25(27,28)13-2-1-3-15(10-13)42-32-17(19-31-24(29)44-33-19)20(36)30-18-21(37)34-16(8-9-43-22(18)34)23(38)41-11-12-4-6-14(7-5-12)35(39)40/h1-8,10,18,22H,9,11H2,(H,30,36)(H2,29,31,33)/t18?,22-/m0/s1. The molecule has 2 atom stereocenters. The van der Waals surface area contributed by atoms with E-state index in [1.54, 1.807) is 0 Å². The third-order valence-electron chi connectivity index (χ3n) is 6.13. The van der Waals surface area contributed by atoms with Gasteiger partial charge in [0.05, 0.1) is 10.5 Å². The Kier molecular flexibility index (Phi) is 8.50. The number of alkyl halides is 3. The number of aromatic nitrogens is 2. The van der Waals surface area contributed by atoms with Gasteiger partial charge in [0.2, 0.25) is 11.5 Å². The number of benzene rings is 2. The van der Waals surface area contributed by atoms with E-state index >= 15 is 0 Å². The normalized spacial score (nSPS) is 18.1. The largest absolute Gasteiger partial charge is 0.456 e. The first-order valence-electron chi connectivity index (χ1n) is 12.3. The summed E-state index contributed by atoms with van der Waals surface area (Å²) in [7, 11) is 0. The first-order chi connectivity index (χ1) is 20.9. The van der Waals surface area contributed by atoms with Crippen LogP contribution < -0.4 is 15.9 Å². The van der Waals surface area contributed by atoms with E-state index in [2.05, 4.69) is 19.8 Å². The molecule has 1 saturated heterocycles. The monoisotopic (exact) mass is 649 g/mol. The summed E-state index contributed by atoms with van der Waals surface area (Å²) in [5, 5.41) is 16.2. The lowest BCUT2D eigenvalue weighted by molar-refractivity contribution is -0.384. The van der Waals surface area contributed by atoms with E-state index in [1.807, 2.05) is 0 Å². The molecule has 1 unspecified atom stereocenters. The lowest BCUT2D eigenvalue weighted by atomic mass is 10.0. The van der Waals surface area contributed by atoms with Crippen LogP contribution in [-0.4, -0.2) is 59.8 Å². The smallest absolute Gasteiger partial charge is 0.416 e. The third-order valence-corrected chi connectivity index (χ3v) is 7.86. The maximum Gasteiger partial charge on any atom is 0.416 e. The molecule has 0 radical (unpaired) electrons. The minimum atomic E-state index is -4.65. The van der Waals surface area contributed by atoms with Gasteiger partial charge in [-0.05, 0) is 42.0 Å². The number of rotatable bonds is 9. The number of ether oxygens (including phenoxy) is 1. The Hall–Kier alpha value is -5.04. The van der Waals surface area contributed by atoms with Gasteiger partial charge in [0.15, 0.2) is 10.9 Å². The summed E-state index contributed by atoms with van der Waals surface area (Å²) in [6.07, 6.45) is -3.15. The number of halogens is 3. The highest BCUT2D eigenvalue weighted by Gasteiger charge is 2.53. The lowest BCUT2D eigenvalue weighted by Crippen LogP contribution is -2.70. The Morgan fingerprint density at radius 2 is 1.98 bits per heavy atom. The number of non-ortho nitro benzene ring substituents is 1. The van der Waals surface area contributed by atoms with Crippen LogP contribution in [0.25, 0.3) is 0 Å². The molecule has 2 aromatic carbocycles. The molecule has 44 heavy (non-hydrogen) atoms. The molecule has 0 saturated carbocycles. The van der Waals surface area contributed by atoms with Crippen LogP contribution >= 0.6 is 23.3 Å². The second kappa shape index (κ2) is 12.3. The molecular formula is C25H18F3N7O7S2. The number of β-lactam (4-membered cyclic amide) rings is 1. The Balaban J connectivity index is 1.26. The number of carbonyl (C=O) groups is 3. The molecule has 2 aliphatic rings. The van der Waals surface area contributed by atoms with Crippen molar-refractivity contribution in [2.24, 2.45) is 5.16 Å². The fourth-order valence-corrected chi connectivity index (χ4v) is 5.65. The van der Waals surface area contributed by atoms with Gasteiger partial charge in [-0.25, -0.2) is 4.79 Å². The van der Waals surface area contributed by atoms with Gasteiger partial charge in [-0.2, -0.15) is 22.5 Å². The summed E-state index contributed by atoms with van der Waals surface area (Å²) < 4.78 is 48.4. The third kappa shape index (κ3) is 6.47. The number of nitro groups is 1. The molecule has 228 valence electrons. The molecule has 1 aromatic heterocycles. The zero-order chi connectivity index (χ0) is 31.6. The number of esters is 1. The van der Waals surface area contributed by atoms with Gasteiger partial charge in [-0.3, -0.25) is 24.6 Å². The summed E-state index contributed by atoms with van der Waals surface area (Å²) in [5.41, 5.74) is 4.38. The molecule has 3 N–H and O–H groups in total. The number of hydrogen-bond donors (Lipinski definition) is 2. The van der Waals surface area contributed by atoms with Crippen LogP contribution in [0, 0.1) is 10.1 Å². The Morgan fingerprint density at radius 3 is 2.64 bits per heavy atom. The minimum Gasteiger partial charge on any atom is -0.456 e. The average molecular weight is 650 g/mol. The fraction of sp³-hybridized carbons (Fsp3) is 0.200. The van der Waals surface area contributed by atoms with Crippen molar-refractivity contribution in [1.82, 2.24) is 19.6 Å². The van der Waals surface area contributed by atoms with E-state index in [9.17, 15) is 37.7 Å². The van der Waals surface area contributed by atoms with E-state index in [4.69, 9.17) is 15.3 Å². The number of carbonyl (C=O) groups excluding carboxylic acids is 3. The van der Waals surface area contributed by atoms with Gasteiger partial charge in [0.25, 0.3) is 17.5 Å². The SMILES string of the molecule is Nc1nc(C(=NOc2cccc(C(F)(F)F)c2)C(=O)NC2C(=O)N3C(C(=O)OCc4ccc([N+](=O)[O-])cc4)=CCS[C@@H]23)ns1. The van der Waals surface area contributed by atoms with E-state index < -0.39 is 51.6 Å². The number of nitrogens with one attached hydrogen (secondary N) is 1. The first-order valence-corrected chi connectivity index (χ1v) is 14.1. The predicted molar refractivity (Wildman–Crippen MR) is 149 cm³/mol. The molecular weight excluding hydrogens is 631 g/mol. The number of fused-ring (bicyclic) bond motifs is 1. The number of hydrogen-bond acceptors (Lipinski definition) is 13. The summed E-state index contributed by atoms with van der Waals surface area (Å²) >= 11 is 1.97. The van der Waals surface area contributed by atoms with Crippen LogP contribution in [0.2, 0.25) is 0 Å². The molecule has 0 spiro atoms. The second-order valence-electron chi connectivity index (χ2n) is 8.99. The van der Waals surface area contributed by atoms with Gasteiger partial charge in [-0.15, -0.1) is 11.8 Å². The maximum absolute atomic E-state index is 13.2. The summed E-state index contributed by atoms with van der Waals surface area (Å²) in [4.78, 5) is 59.4. The van der Waals surface area contributed by atoms with Crippen molar-refractivity contribution in [1.29, 1.82) is 0 Å². The van der Waals surface area contributed by atoms with Crippen molar-refractivity contribution in [2.75, 3.05) is 11.5 Å². The number of anilines is 1. The van der Waals surface area contributed by atoms with Crippen LogP contribution in [0.5, 0.6) is 5.75 Å². The van der Waals surface area contributed by atoms with E-state index in [0.717, 1.165) is 28.6 Å². The average Bonchev–Trinajstić information content (AvgIpc) is 3.43. The second-order valence-corrected chi connectivity index (χ2v) is 10.9. The highest BCUT2D eigenvalue weighted by Crippen LogP contribution is 2.38. The molecule has 2 amide bonds. The summed E-state index contributed by atoms with van der Waals surface area (Å²) in [6, 6.07) is 8.07. The molecule has 1 fully saturated rings. The summed E-state index contributed by atoms with van der Waals surface area (Å²) in [5.74, 6) is -2.75. The number of nitrogen functional groups attached to an aromatic ring is 1. The quantitative estimate of drug-likeness (QED) is 0.114. The number of amides is 2. The van der Waals surface area contributed by atoms with Crippen LogP contribution in [0.4, 0.5) is 24.0 Å². The van der Waals surface area contributed by atoms with E-state index in [1.165, 1.54) is 48.2 Å². The van der Waals surface area contributed by atoms with Crippen molar-refractivity contribution < 1.29 is 42.1 Å². The van der Waals surface area contributed by atoms with Crippen LogP contribution in [0.1, 0.15) is 17.0 Å². The van der Waals surface area contributed by atoms with Crippen LogP contribution in [0.3, 0.4) is 0 Å². The molecule has 5 rings (SSSR count). The van der Waals surface area contributed by atoms with Crippen molar-refractivity contribution >= 4 is 57.6 Å². The highest BCUT2D eigenvalue weighted by molar-refractivity contribution is 8.00. The van der Waals surface area contributed by atoms with Crippen LogP contribution in [-0.2, 0) is 31.9 Å². The van der Waals surface area contributed by atoms with Crippen molar-refractivity contribution in [3.8, 4) is 5.75 Å². The molecule has 0 aliphatic carbocycles. The zero-order valence-electron chi connectivity index (χ0n) is 21.9. The first kappa shape index (κ1) is 30.4. The molecule has 19 heteroatoms. The number of nitro benzene ring substituents is 1. The maximum atomic E-state index is 13.2. The van der Waals surface area contributed by atoms with Gasteiger partial charge >= 0.3 is 12.1 Å². The van der Waals surface area contributed by atoms with Crippen LogP contribution in [0.15, 0.2) is 65.5 Å². The topological polar surface area (TPSA) is 192 Å². The fourth-order valence-electron chi connectivity index (χ4n) is 4.02. The minimum absolute atomic E-state index is 0.0321. The van der Waals surface area contributed by atoms with Gasteiger partial charge in [-0.1, -0.05) is 11.2 Å². The van der Waals surface area contributed by atoms with Gasteiger partial charge in [0.1, 0.15) is 23.7 Å². The Morgan fingerprint density at radius 1 is 1.23 bits per heavy atom. The molecule has 2 aliphatic heterocycles. The number of oxime groups is 1. The number of nitrogens with zero attached hydrogens (tertiary/aromatic N) is 5. The zero-order valence-corrected chi connectivity index (χ0v) is 23.5. The number of thioether (sulfide) groups is 1. The van der Waals surface area contributed by atoms with Crippen molar-refractivity contribution in [3.63, 3.8) is 0 Å². The van der Waals surface area contributed by atoms with E-state index in [0.29, 0.717) is 17.4 Å². The summed E-state index contributed by atoms with van der Waals surface area (Å²) in [6.45, 7) is -0.205. The molecule has 3 aromatic rings. The van der Waals surface area contributed by atoms with Crippen molar-refractivity contribution in [3.05, 3.63) is 87.4 Å². The Bertz CT molecular complexity index is 1700. The van der Waals surface area contributed by atoms with Gasteiger partial charge in [0, 0.05) is 29.4 Å². The lowest BCUT2D eigenvalue weighted by Gasteiger charge is -2.48. The predicted octanol–water partition coefficient (Wildman–Crippen LogP) is 2.86. The number of nitrogens with two attached hydrogens (primary N) is 1. The molecule has 0 bridgehead atoms. The highest BCUT2D eigenvalue weighted by atomic mass is 32.2.